The summed E-state index contributed by atoms with van der Waals surface area (Å²) in [5, 5.41) is 0. The summed E-state index contributed by atoms with van der Waals surface area (Å²) in [6, 6.07) is 10.7. The van der Waals surface area contributed by atoms with Gasteiger partial charge in [-0.05, 0) is 49.7 Å². The highest BCUT2D eigenvalue weighted by molar-refractivity contribution is 6.00. The van der Waals surface area contributed by atoms with E-state index in [-0.39, 0.29) is 12.6 Å². The number of Topliss-reactive ketones (excluding diaryl/α,β-unsaturated/α-hetero) is 1. The molecule has 0 fully saturated rings. The lowest BCUT2D eigenvalue weighted by Gasteiger charge is -2.16. The van der Waals surface area contributed by atoms with Gasteiger partial charge in [-0.25, -0.2) is 0 Å². The summed E-state index contributed by atoms with van der Waals surface area (Å²) in [7, 11) is 1.58. The Morgan fingerprint density at radius 1 is 1.12 bits per heavy atom. The van der Waals surface area contributed by atoms with Gasteiger partial charge in [0.05, 0.1) is 7.11 Å². The van der Waals surface area contributed by atoms with Gasteiger partial charge < -0.3 is 18.9 Å². The summed E-state index contributed by atoms with van der Waals surface area (Å²) in [6.07, 6.45) is 3.25. The highest BCUT2D eigenvalue weighted by atomic mass is 16.7. The van der Waals surface area contributed by atoms with Crippen LogP contribution in [0.2, 0.25) is 0 Å². The molecule has 130 valence electrons. The first-order chi connectivity index (χ1) is 12.1. The van der Waals surface area contributed by atoms with Gasteiger partial charge >= 0.3 is 0 Å². The summed E-state index contributed by atoms with van der Waals surface area (Å²) in [4.78, 5) is 12.6. The van der Waals surface area contributed by atoms with Crippen LogP contribution < -0.4 is 18.9 Å². The molecule has 0 N–H and O–H groups in total. The molecule has 0 saturated heterocycles. The van der Waals surface area contributed by atoms with E-state index in [1.165, 1.54) is 0 Å². The van der Waals surface area contributed by atoms with Crippen molar-refractivity contribution in [2.75, 3.05) is 13.9 Å². The maximum atomic E-state index is 12.6. The van der Waals surface area contributed by atoms with Crippen molar-refractivity contribution in [2.24, 2.45) is 0 Å². The zero-order valence-corrected chi connectivity index (χ0v) is 14.4. The Morgan fingerprint density at radius 3 is 2.68 bits per heavy atom. The third kappa shape index (κ3) is 3.60. The lowest BCUT2D eigenvalue weighted by atomic mass is 10.1. The van der Waals surface area contributed by atoms with Gasteiger partial charge in [0.2, 0.25) is 12.6 Å². The number of carbonyl (C=O) groups excluding carboxylic acids is 1. The molecule has 3 rings (SSSR count). The fourth-order valence-corrected chi connectivity index (χ4v) is 2.61. The van der Waals surface area contributed by atoms with Crippen molar-refractivity contribution in [3.05, 3.63) is 53.6 Å². The van der Waals surface area contributed by atoms with Gasteiger partial charge in [0, 0.05) is 5.56 Å². The Balaban J connectivity index is 1.77. The van der Waals surface area contributed by atoms with Crippen LogP contribution in [0, 0.1) is 0 Å². The van der Waals surface area contributed by atoms with Crippen LogP contribution in [0.4, 0.5) is 0 Å². The van der Waals surface area contributed by atoms with Crippen molar-refractivity contribution in [1.82, 2.24) is 0 Å². The minimum absolute atomic E-state index is 0.141. The Kier molecular flexibility index (Phi) is 4.93. The van der Waals surface area contributed by atoms with Crippen molar-refractivity contribution in [2.45, 2.75) is 20.0 Å². The van der Waals surface area contributed by atoms with Crippen LogP contribution in [-0.4, -0.2) is 25.8 Å². The summed E-state index contributed by atoms with van der Waals surface area (Å²) < 4.78 is 21.8. The first-order valence-electron chi connectivity index (χ1n) is 8.03. The maximum Gasteiger partial charge on any atom is 0.231 e. The second kappa shape index (κ2) is 7.30. The molecule has 0 aromatic heterocycles. The van der Waals surface area contributed by atoms with E-state index in [0.29, 0.717) is 28.6 Å². The van der Waals surface area contributed by atoms with E-state index in [4.69, 9.17) is 18.9 Å². The largest absolute Gasteiger partial charge is 0.493 e. The standard InChI is InChI=1S/C20H20O5/c1-4-5-14-6-8-17(18(10-14)22-3)25-13(2)20(21)15-7-9-16-19(11-15)24-12-23-16/h4-11,13H,12H2,1-3H3. The molecule has 25 heavy (non-hydrogen) atoms. The van der Waals surface area contributed by atoms with Crippen LogP contribution in [0.15, 0.2) is 42.5 Å². The number of ether oxygens (including phenoxy) is 4. The molecule has 2 aromatic carbocycles. The molecule has 1 heterocycles. The van der Waals surface area contributed by atoms with Crippen LogP contribution in [0.25, 0.3) is 6.08 Å². The summed E-state index contributed by atoms with van der Waals surface area (Å²) in [6.45, 7) is 3.84. The lowest BCUT2D eigenvalue weighted by molar-refractivity contribution is 0.0813. The number of allylic oxidation sites excluding steroid dienone is 1. The molecule has 0 radical (unpaired) electrons. The van der Waals surface area contributed by atoms with Gasteiger partial charge in [0.15, 0.2) is 29.1 Å². The van der Waals surface area contributed by atoms with Gasteiger partial charge in [0.1, 0.15) is 0 Å². The molecule has 1 unspecified atom stereocenters. The molecule has 5 heteroatoms. The van der Waals surface area contributed by atoms with Crippen molar-refractivity contribution >= 4 is 11.9 Å². The van der Waals surface area contributed by atoms with Gasteiger partial charge in [-0.3, -0.25) is 4.79 Å². The number of hydrogen-bond acceptors (Lipinski definition) is 5. The SMILES string of the molecule is CC=Cc1ccc(OC(C)C(=O)c2ccc3c(c2)OCO3)c(OC)c1. The Labute approximate surface area is 146 Å². The Bertz CT molecular complexity index is 810. The molecule has 0 aliphatic carbocycles. The van der Waals surface area contributed by atoms with Crippen LogP contribution in [0.5, 0.6) is 23.0 Å². The van der Waals surface area contributed by atoms with E-state index in [2.05, 4.69) is 0 Å². The average molecular weight is 340 g/mol. The summed E-state index contributed by atoms with van der Waals surface area (Å²) in [5.74, 6) is 2.19. The molecular formula is C20H20O5. The number of methoxy groups -OCH3 is 1. The predicted molar refractivity (Wildman–Crippen MR) is 94.7 cm³/mol. The molecule has 0 spiro atoms. The first-order valence-corrected chi connectivity index (χ1v) is 8.03. The molecule has 2 aromatic rings. The zero-order chi connectivity index (χ0) is 17.8. The van der Waals surface area contributed by atoms with Gasteiger partial charge in [0.25, 0.3) is 0 Å². The number of hydrogen-bond donors (Lipinski definition) is 0. The number of ketones is 1. The zero-order valence-electron chi connectivity index (χ0n) is 14.4. The summed E-state index contributed by atoms with van der Waals surface area (Å²) in [5.41, 5.74) is 1.52. The molecule has 0 amide bonds. The monoisotopic (exact) mass is 340 g/mol. The molecule has 1 aliphatic heterocycles. The van der Waals surface area contributed by atoms with Crippen molar-refractivity contribution in [1.29, 1.82) is 0 Å². The van der Waals surface area contributed by atoms with E-state index < -0.39 is 6.10 Å². The smallest absolute Gasteiger partial charge is 0.231 e. The normalized spacial score (nSPS) is 13.7. The molecule has 5 nitrogen and oxygen atoms in total. The highest BCUT2D eigenvalue weighted by Crippen LogP contribution is 2.34. The van der Waals surface area contributed by atoms with Gasteiger partial charge in [-0.15, -0.1) is 0 Å². The highest BCUT2D eigenvalue weighted by Gasteiger charge is 2.22. The van der Waals surface area contributed by atoms with Gasteiger partial charge in [-0.1, -0.05) is 18.2 Å². The molecule has 1 aliphatic rings. The van der Waals surface area contributed by atoms with Crippen molar-refractivity contribution in [3.8, 4) is 23.0 Å². The van der Waals surface area contributed by atoms with E-state index in [1.807, 2.05) is 31.2 Å². The number of rotatable bonds is 6. The van der Waals surface area contributed by atoms with E-state index in [9.17, 15) is 4.79 Å². The van der Waals surface area contributed by atoms with E-state index in [1.54, 1.807) is 38.3 Å². The fourth-order valence-electron chi connectivity index (χ4n) is 2.61. The lowest BCUT2D eigenvalue weighted by Crippen LogP contribution is -2.24. The Hall–Kier alpha value is -2.95. The maximum absolute atomic E-state index is 12.6. The van der Waals surface area contributed by atoms with Crippen LogP contribution in [-0.2, 0) is 0 Å². The third-order valence-electron chi connectivity index (χ3n) is 3.88. The molecule has 1 atom stereocenters. The van der Waals surface area contributed by atoms with Crippen molar-refractivity contribution < 1.29 is 23.7 Å². The second-order valence-electron chi connectivity index (χ2n) is 5.60. The second-order valence-corrected chi connectivity index (χ2v) is 5.60. The fraction of sp³-hybridized carbons (Fsp3) is 0.250. The minimum Gasteiger partial charge on any atom is -0.493 e. The van der Waals surface area contributed by atoms with Crippen LogP contribution >= 0.6 is 0 Å². The third-order valence-corrected chi connectivity index (χ3v) is 3.88. The number of benzene rings is 2. The first kappa shape index (κ1) is 16.9. The van der Waals surface area contributed by atoms with Crippen molar-refractivity contribution in [3.63, 3.8) is 0 Å². The summed E-state index contributed by atoms with van der Waals surface area (Å²) >= 11 is 0. The van der Waals surface area contributed by atoms with Crippen LogP contribution in [0.3, 0.4) is 0 Å². The topological polar surface area (TPSA) is 54.0 Å². The minimum atomic E-state index is -0.665. The van der Waals surface area contributed by atoms with E-state index >= 15 is 0 Å². The number of carbonyl (C=O) groups is 1. The molecule has 0 saturated carbocycles. The van der Waals surface area contributed by atoms with Crippen LogP contribution in [0.1, 0.15) is 29.8 Å². The molecule has 0 bridgehead atoms. The quantitative estimate of drug-likeness (QED) is 0.741. The van der Waals surface area contributed by atoms with E-state index in [0.717, 1.165) is 5.56 Å². The Morgan fingerprint density at radius 2 is 1.92 bits per heavy atom. The van der Waals surface area contributed by atoms with Gasteiger partial charge in [-0.2, -0.15) is 0 Å². The predicted octanol–water partition coefficient (Wildman–Crippen LogP) is 4.11. The number of fused-ring (bicyclic) bond motifs is 1. The molecular weight excluding hydrogens is 320 g/mol. The average Bonchev–Trinajstić information content (AvgIpc) is 3.10.